The van der Waals surface area contributed by atoms with E-state index in [4.69, 9.17) is 0 Å². The van der Waals surface area contributed by atoms with E-state index in [9.17, 15) is 13.9 Å². The van der Waals surface area contributed by atoms with Gasteiger partial charge in [0.15, 0.2) is 11.6 Å². The molecule has 0 aliphatic carbocycles. The maximum Gasteiger partial charge on any atom is 0.230 e. The molecule has 0 bridgehead atoms. The Hall–Kier alpha value is -2.84. The summed E-state index contributed by atoms with van der Waals surface area (Å²) in [6.07, 6.45) is 3.02. The molecule has 166 valence electrons. The van der Waals surface area contributed by atoms with Gasteiger partial charge in [-0.05, 0) is 68.5 Å². The summed E-state index contributed by atoms with van der Waals surface area (Å²) in [5, 5.41) is 15.2. The third-order valence-corrected chi connectivity index (χ3v) is 7.27. The Kier molecular flexibility index (Phi) is 5.65. The fourth-order valence-corrected chi connectivity index (χ4v) is 5.76. The van der Waals surface area contributed by atoms with Crippen molar-refractivity contribution in [2.75, 3.05) is 13.1 Å². The van der Waals surface area contributed by atoms with E-state index >= 15 is 0 Å². The summed E-state index contributed by atoms with van der Waals surface area (Å²) in [6, 6.07) is 14.1. The molecule has 1 atom stereocenters. The molecule has 2 aromatic carbocycles. The lowest BCUT2D eigenvalue weighted by Crippen LogP contribution is -2.37. The number of likely N-dealkylation sites (tertiary alicyclic amines) is 1. The number of fused-ring (bicyclic) bond motifs is 1. The molecular formula is C24H24F2N4OS. The highest BCUT2D eigenvalue weighted by Gasteiger charge is 2.32. The van der Waals surface area contributed by atoms with Crippen LogP contribution in [-0.4, -0.2) is 37.7 Å². The minimum absolute atomic E-state index is 0.00624. The number of aromatic nitrogens is 3. The van der Waals surface area contributed by atoms with Crippen molar-refractivity contribution in [3.63, 3.8) is 0 Å². The van der Waals surface area contributed by atoms with Gasteiger partial charge in [0, 0.05) is 0 Å². The first kappa shape index (κ1) is 21.0. The van der Waals surface area contributed by atoms with E-state index in [1.54, 1.807) is 13.0 Å². The monoisotopic (exact) mass is 454 g/mol. The molecule has 3 heterocycles. The normalized spacial score (nSPS) is 16.6. The fourth-order valence-electron chi connectivity index (χ4n) is 4.60. The van der Waals surface area contributed by atoms with E-state index in [0.29, 0.717) is 27.1 Å². The number of halogens is 2. The molecule has 0 unspecified atom stereocenters. The number of hydrogen-bond donors (Lipinski definition) is 1. The molecule has 0 saturated carbocycles. The van der Waals surface area contributed by atoms with Crippen LogP contribution in [0.3, 0.4) is 0 Å². The average Bonchev–Trinajstić information content (AvgIpc) is 3.30. The van der Waals surface area contributed by atoms with E-state index in [1.165, 1.54) is 27.5 Å². The Labute approximate surface area is 189 Å². The summed E-state index contributed by atoms with van der Waals surface area (Å²) in [7, 11) is 0. The van der Waals surface area contributed by atoms with Gasteiger partial charge in [0.2, 0.25) is 10.8 Å². The van der Waals surface area contributed by atoms with Gasteiger partial charge in [-0.25, -0.2) is 13.8 Å². The van der Waals surface area contributed by atoms with Crippen molar-refractivity contribution >= 4 is 16.3 Å². The molecule has 1 aliphatic rings. The van der Waals surface area contributed by atoms with Crippen LogP contribution in [-0.2, 0) is 6.42 Å². The Bertz CT molecular complexity index is 1230. The molecule has 0 spiro atoms. The second-order valence-corrected chi connectivity index (χ2v) is 9.40. The quantitative estimate of drug-likeness (QED) is 0.454. The lowest BCUT2D eigenvalue weighted by Gasteiger charge is -2.37. The van der Waals surface area contributed by atoms with Crippen molar-refractivity contribution in [1.82, 2.24) is 19.5 Å². The maximum atomic E-state index is 14.1. The Morgan fingerprint density at radius 1 is 1.09 bits per heavy atom. The van der Waals surface area contributed by atoms with Crippen LogP contribution in [0.4, 0.5) is 8.78 Å². The number of aromatic hydroxyl groups is 1. The van der Waals surface area contributed by atoms with Gasteiger partial charge in [0.05, 0.1) is 10.9 Å². The predicted octanol–water partition coefficient (Wildman–Crippen LogP) is 5.13. The third kappa shape index (κ3) is 4.00. The molecule has 1 fully saturated rings. The molecule has 32 heavy (non-hydrogen) atoms. The second kappa shape index (κ2) is 8.60. The second-order valence-electron chi connectivity index (χ2n) is 8.39. The van der Waals surface area contributed by atoms with Crippen molar-refractivity contribution in [3.8, 4) is 5.88 Å². The van der Waals surface area contributed by atoms with Gasteiger partial charge in [0.1, 0.15) is 5.82 Å². The van der Waals surface area contributed by atoms with Crippen LogP contribution in [0.1, 0.15) is 40.7 Å². The number of hydrogen-bond acceptors (Lipinski definition) is 5. The van der Waals surface area contributed by atoms with Crippen LogP contribution in [0, 0.1) is 24.5 Å². The number of benzene rings is 2. The largest absolute Gasteiger partial charge is 0.492 e. The summed E-state index contributed by atoms with van der Waals surface area (Å²) in [4.78, 5) is 7.84. The SMILES string of the molecule is Cc1nc2sc([C@H](c3ccc(F)c(F)c3)N3CCC(Cc4ccccc4)CC3)c(O)n2n1. The minimum Gasteiger partial charge on any atom is -0.492 e. The number of piperidine rings is 1. The lowest BCUT2D eigenvalue weighted by atomic mass is 9.88. The van der Waals surface area contributed by atoms with E-state index in [0.717, 1.165) is 38.4 Å². The lowest BCUT2D eigenvalue weighted by molar-refractivity contribution is 0.150. The highest BCUT2D eigenvalue weighted by atomic mass is 32.1. The van der Waals surface area contributed by atoms with Crippen molar-refractivity contribution in [1.29, 1.82) is 0 Å². The molecule has 2 aromatic heterocycles. The van der Waals surface area contributed by atoms with Crippen LogP contribution in [0.25, 0.3) is 4.96 Å². The molecule has 5 rings (SSSR count). The van der Waals surface area contributed by atoms with Crippen LogP contribution in [0.2, 0.25) is 0 Å². The van der Waals surface area contributed by atoms with E-state index < -0.39 is 17.7 Å². The Balaban J connectivity index is 1.44. The summed E-state index contributed by atoms with van der Waals surface area (Å²) in [6.45, 7) is 3.36. The topological polar surface area (TPSA) is 53.7 Å². The fraction of sp³-hybridized carbons (Fsp3) is 0.333. The Morgan fingerprint density at radius 3 is 2.53 bits per heavy atom. The van der Waals surface area contributed by atoms with Crippen molar-refractivity contribution < 1.29 is 13.9 Å². The van der Waals surface area contributed by atoms with Gasteiger partial charge in [-0.15, -0.1) is 5.10 Å². The van der Waals surface area contributed by atoms with E-state index in [2.05, 4.69) is 39.2 Å². The van der Waals surface area contributed by atoms with Gasteiger partial charge in [0.25, 0.3) is 0 Å². The van der Waals surface area contributed by atoms with Crippen LogP contribution < -0.4 is 0 Å². The van der Waals surface area contributed by atoms with Gasteiger partial charge in [-0.2, -0.15) is 4.52 Å². The first-order valence-corrected chi connectivity index (χ1v) is 11.6. The minimum atomic E-state index is -0.888. The first-order chi connectivity index (χ1) is 15.5. The van der Waals surface area contributed by atoms with Gasteiger partial charge in [-0.3, -0.25) is 4.90 Å². The molecule has 1 N–H and O–H groups in total. The summed E-state index contributed by atoms with van der Waals surface area (Å²) >= 11 is 1.34. The van der Waals surface area contributed by atoms with Crippen LogP contribution >= 0.6 is 11.3 Å². The maximum absolute atomic E-state index is 14.1. The molecule has 1 aliphatic heterocycles. The zero-order chi connectivity index (χ0) is 22.2. The molecular weight excluding hydrogens is 430 g/mol. The number of nitrogens with zero attached hydrogens (tertiary/aromatic N) is 4. The number of thiazole rings is 1. The Morgan fingerprint density at radius 2 is 1.84 bits per heavy atom. The smallest absolute Gasteiger partial charge is 0.230 e. The highest BCUT2D eigenvalue weighted by Crippen LogP contribution is 2.41. The molecule has 5 nitrogen and oxygen atoms in total. The van der Waals surface area contributed by atoms with Gasteiger partial charge >= 0.3 is 0 Å². The zero-order valence-corrected chi connectivity index (χ0v) is 18.5. The molecule has 0 radical (unpaired) electrons. The van der Waals surface area contributed by atoms with Gasteiger partial charge in [-0.1, -0.05) is 47.7 Å². The number of rotatable bonds is 5. The first-order valence-electron chi connectivity index (χ1n) is 10.8. The number of aryl methyl sites for hydroxylation is 1. The van der Waals surface area contributed by atoms with E-state index in [-0.39, 0.29) is 5.88 Å². The predicted molar refractivity (Wildman–Crippen MR) is 120 cm³/mol. The third-order valence-electron chi connectivity index (χ3n) is 6.19. The molecule has 0 amide bonds. The molecule has 1 saturated heterocycles. The summed E-state index contributed by atoms with van der Waals surface area (Å²) < 4.78 is 29.2. The van der Waals surface area contributed by atoms with Crippen LogP contribution in [0.15, 0.2) is 48.5 Å². The average molecular weight is 455 g/mol. The molecule has 4 aromatic rings. The zero-order valence-electron chi connectivity index (χ0n) is 17.7. The standard InChI is InChI=1S/C24H24F2N4OS/c1-15-27-24-30(28-15)23(31)22(32-24)21(18-7-8-19(25)20(26)14-18)29-11-9-17(10-12-29)13-16-5-3-2-4-6-16/h2-8,14,17,21,31H,9-13H2,1H3/t21-/m0/s1. The van der Waals surface area contributed by atoms with Crippen LogP contribution in [0.5, 0.6) is 5.88 Å². The van der Waals surface area contributed by atoms with E-state index in [1.807, 2.05) is 6.07 Å². The van der Waals surface area contributed by atoms with Crippen molar-refractivity contribution in [3.05, 3.63) is 82.0 Å². The van der Waals surface area contributed by atoms with Gasteiger partial charge < -0.3 is 5.11 Å². The molecule has 8 heteroatoms. The summed E-state index contributed by atoms with van der Waals surface area (Å²) in [5.41, 5.74) is 1.95. The highest BCUT2D eigenvalue weighted by molar-refractivity contribution is 7.17. The summed E-state index contributed by atoms with van der Waals surface area (Å²) in [5.74, 6) is -0.619. The van der Waals surface area contributed by atoms with Crippen molar-refractivity contribution in [2.45, 2.75) is 32.2 Å². The van der Waals surface area contributed by atoms with Crippen molar-refractivity contribution in [2.24, 2.45) is 5.92 Å².